The predicted molar refractivity (Wildman–Crippen MR) is 75.5 cm³/mol. The van der Waals surface area contributed by atoms with E-state index in [1.165, 1.54) is 36.5 Å². The molecule has 2 aromatic rings. The minimum atomic E-state index is -3.70. The van der Waals surface area contributed by atoms with Gasteiger partial charge in [0.15, 0.2) is 0 Å². The summed E-state index contributed by atoms with van der Waals surface area (Å²) in [6.07, 6.45) is 1.24. The summed E-state index contributed by atoms with van der Waals surface area (Å²) in [5.74, 6) is -0.407. The fourth-order valence-electron chi connectivity index (χ4n) is 1.53. The third kappa shape index (κ3) is 3.64. The van der Waals surface area contributed by atoms with Crippen molar-refractivity contribution >= 4 is 16.2 Å². The molecule has 0 amide bonds. The maximum absolute atomic E-state index is 12.9. The lowest BCUT2D eigenvalue weighted by atomic mass is 10.2. The molecule has 0 fully saturated rings. The van der Waals surface area contributed by atoms with Crippen LogP contribution in [0.5, 0.6) is 0 Å². The van der Waals surface area contributed by atoms with Crippen molar-refractivity contribution in [2.75, 3.05) is 0 Å². The van der Waals surface area contributed by atoms with Gasteiger partial charge in [0, 0.05) is 0 Å². The van der Waals surface area contributed by atoms with Gasteiger partial charge in [-0.25, -0.2) is 9.22 Å². The zero-order chi connectivity index (χ0) is 14.6. The first-order valence-corrected chi connectivity index (χ1v) is 7.33. The zero-order valence-corrected chi connectivity index (χ0v) is 11.6. The Balaban J connectivity index is 2.11. The van der Waals surface area contributed by atoms with Crippen LogP contribution in [0.15, 0.2) is 58.5 Å². The molecule has 0 saturated carbocycles. The number of hydrogen-bond acceptors (Lipinski definition) is 3. The average Bonchev–Trinajstić information content (AvgIpc) is 2.39. The summed E-state index contributed by atoms with van der Waals surface area (Å²) in [6.45, 7) is 1.87. The minimum Gasteiger partial charge on any atom is -0.207 e. The molecular formula is C14H13FN2O2S. The van der Waals surface area contributed by atoms with Crippen LogP contribution in [-0.2, 0) is 10.0 Å². The van der Waals surface area contributed by atoms with Gasteiger partial charge in [0.05, 0.1) is 11.1 Å². The number of nitrogens with zero attached hydrogens (tertiary/aromatic N) is 1. The Labute approximate surface area is 117 Å². The van der Waals surface area contributed by atoms with Crippen LogP contribution in [-0.4, -0.2) is 14.6 Å². The highest BCUT2D eigenvalue weighted by molar-refractivity contribution is 7.89. The smallest absolute Gasteiger partial charge is 0.207 e. The monoisotopic (exact) mass is 292 g/mol. The molecule has 0 aliphatic heterocycles. The highest BCUT2D eigenvalue weighted by Gasteiger charge is 2.11. The summed E-state index contributed by atoms with van der Waals surface area (Å²) in [6, 6.07) is 12.1. The first-order chi connectivity index (χ1) is 9.47. The Morgan fingerprint density at radius 3 is 2.50 bits per heavy atom. The molecule has 6 heteroatoms. The van der Waals surface area contributed by atoms with Crippen molar-refractivity contribution in [3.63, 3.8) is 0 Å². The summed E-state index contributed by atoms with van der Waals surface area (Å²) >= 11 is 0. The molecule has 0 aliphatic carbocycles. The molecule has 0 aliphatic rings. The van der Waals surface area contributed by atoms with E-state index in [0.29, 0.717) is 5.56 Å². The number of nitrogens with one attached hydrogen (secondary N) is 1. The standard InChI is InChI=1S/C14H13FN2O2S/c1-11-5-7-14(8-6-11)20(18,19)17-16-10-12-3-2-4-13(15)9-12/h2-10,17H,1H3. The minimum absolute atomic E-state index is 0.125. The Bertz CT molecular complexity index is 725. The summed E-state index contributed by atoms with van der Waals surface area (Å²) in [7, 11) is -3.70. The van der Waals surface area contributed by atoms with E-state index in [1.807, 2.05) is 6.92 Å². The second kappa shape index (κ2) is 5.83. The van der Waals surface area contributed by atoms with Crippen molar-refractivity contribution in [2.45, 2.75) is 11.8 Å². The van der Waals surface area contributed by atoms with Crippen LogP contribution in [0, 0.1) is 12.7 Å². The van der Waals surface area contributed by atoms with Crippen molar-refractivity contribution in [3.05, 3.63) is 65.5 Å². The number of hydrazone groups is 1. The van der Waals surface area contributed by atoms with E-state index in [-0.39, 0.29) is 4.90 Å². The summed E-state index contributed by atoms with van der Waals surface area (Å²) in [5.41, 5.74) is 1.43. The van der Waals surface area contributed by atoms with E-state index in [2.05, 4.69) is 9.93 Å². The molecule has 20 heavy (non-hydrogen) atoms. The molecule has 2 rings (SSSR count). The predicted octanol–water partition coefficient (Wildman–Crippen LogP) is 2.45. The molecule has 0 aromatic heterocycles. The van der Waals surface area contributed by atoms with Crippen molar-refractivity contribution in [1.29, 1.82) is 0 Å². The molecule has 1 N–H and O–H groups in total. The zero-order valence-electron chi connectivity index (χ0n) is 10.7. The lowest BCUT2D eigenvalue weighted by molar-refractivity contribution is 0.584. The van der Waals surface area contributed by atoms with Gasteiger partial charge in [0.2, 0.25) is 0 Å². The third-order valence-corrected chi connectivity index (χ3v) is 3.80. The first-order valence-electron chi connectivity index (χ1n) is 5.84. The number of aryl methyl sites for hydroxylation is 1. The normalized spacial score (nSPS) is 11.7. The first kappa shape index (κ1) is 14.2. The summed E-state index contributed by atoms with van der Waals surface area (Å²) < 4.78 is 36.7. The third-order valence-electron chi connectivity index (χ3n) is 2.57. The van der Waals surface area contributed by atoms with E-state index < -0.39 is 15.8 Å². The van der Waals surface area contributed by atoms with Crippen molar-refractivity contribution in [3.8, 4) is 0 Å². The van der Waals surface area contributed by atoms with Crippen LogP contribution in [0.3, 0.4) is 0 Å². The van der Waals surface area contributed by atoms with Crippen LogP contribution >= 0.6 is 0 Å². The second-order valence-electron chi connectivity index (χ2n) is 4.22. The topological polar surface area (TPSA) is 58.5 Å². The molecule has 0 heterocycles. The van der Waals surface area contributed by atoms with Gasteiger partial charge in [0.25, 0.3) is 10.0 Å². The van der Waals surface area contributed by atoms with Crippen LogP contribution in [0.4, 0.5) is 4.39 Å². The molecule has 104 valence electrons. The number of rotatable bonds is 4. The molecule has 0 unspecified atom stereocenters. The molecule has 2 aromatic carbocycles. The van der Waals surface area contributed by atoms with Crippen LogP contribution in [0.25, 0.3) is 0 Å². The molecule has 0 radical (unpaired) electrons. The lowest BCUT2D eigenvalue weighted by Gasteiger charge is -2.03. The van der Waals surface area contributed by atoms with E-state index in [4.69, 9.17) is 0 Å². The second-order valence-corrected chi connectivity index (χ2v) is 5.88. The lowest BCUT2D eigenvalue weighted by Crippen LogP contribution is -2.18. The van der Waals surface area contributed by atoms with Gasteiger partial charge in [0.1, 0.15) is 5.82 Å². The fraction of sp³-hybridized carbons (Fsp3) is 0.0714. The van der Waals surface area contributed by atoms with Crippen LogP contribution in [0.2, 0.25) is 0 Å². The molecule has 0 saturated heterocycles. The van der Waals surface area contributed by atoms with E-state index in [1.54, 1.807) is 18.2 Å². The molecule has 0 atom stereocenters. The quantitative estimate of drug-likeness (QED) is 0.695. The van der Waals surface area contributed by atoms with Gasteiger partial charge in [-0.05, 0) is 36.8 Å². The highest BCUT2D eigenvalue weighted by atomic mass is 32.2. The number of benzene rings is 2. The van der Waals surface area contributed by atoms with E-state index >= 15 is 0 Å². The van der Waals surface area contributed by atoms with Crippen molar-refractivity contribution < 1.29 is 12.8 Å². The van der Waals surface area contributed by atoms with Crippen LogP contribution < -0.4 is 4.83 Å². The highest BCUT2D eigenvalue weighted by Crippen LogP contribution is 2.09. The van der Waals surface area contributed by atoms with Gasteiger partial charge in [-0.15, -0.1) is 0 Å². The molecular weight excluding hydrogens is 279 g/mol. The van der Waals surface area contributed by atoms with Gasteiger partial charge in [-0.2, -0.15) is 13.5 Å². The van der Waals surface area contributed by atoms with E-state index in [0.717, 1.165) is 5.56 Å². The van der Waals surface area contributed by atoms with Gasteiger partial charge in [-0.1, -0.05) is 29.8 Å². The van der Waals surface area contributed by atoms with Gasteiger partial charge < -0.3 is 0 Å². The Hall–Kier alpha value is -2.21. The fourth-order valence-corrected chi connectivity index (χ4v) is 2.32. The largest absolute Gasteiger partial charge is 0.276 e. The number of hydrogen-bond donors (Lipinski definition) is 1. The van der Waals surface area contributed by atoms with Gasteiger partial charge in [-0.3, -0.25) is 0 Å². The molecule has 0 spiro atoms. The number of sulfonamides is 1. The molecule has 0 bridgehead atoms. The summed E-state index contributed by atoms with van der Waals surface area (Å²) in [5, 5.41) is 3.62. The SMILES string of the molecule is Cc1ccc(S(=O)(=O)NN=Cc2cccc(F)c2)cc1. The van der Waals surface area contributed by atoms with Gasteiger partial charge >= 0.3 is 0 Å². The molecule has 4 nitrogen and oxygen atoms in total. The Morgan fingerprint density at radius 2 is 1.85 bits per heavy atom. The van der Waals surface area contributed by atoms with Crippen LogP contribution in [0.1, 0.15) is 11.1 Å². The van der Waals surface area contributed by atoms with Crippen molar-refractivity contribution in [2.24, 2.45) is 5.10 Å². The average molecular weight is 292 g/mol. The summed E-state index contributed by atoms with van der Waals surface area (Å²) in [4.78, 5) is 2.21. The Kier molecular flexibility index (Phi) is 4.14. The maximum atomic E-state index is 12.9. The Morgan fingerprint density at radius 1 is 1.15 bits per heavy atom. The van der Waals surface area contributed by atoms with E-state index in [9.17, 15) is 12.8 Å². The van der Waals surface area contributed by atoms with Crippen molar-refractivity contribution in [1.82, 2.24) is 4.83 Å². The number of halogens is 1. The maximum Gasteiger partial charge on any atom is 0.276 e.